The first-order valence-corrected chi connectivity index (χ1v) is 10.3. The van der Waals surface area contributed by atoms with Crippen LogP contribution in [0.15, 0.2) is 53.6 Å². The van der Waals surface area contributed by atoms with Gasteiger partial charge in [-0.3, -0.25) is 14.6 Å². The maximum absolute atomic E-state index is 12.2. The molecule has 1 N–H and O–H groups in total. The Bertz CT molecular complexity index is 834. The van der Waals surface area contributed by atoms with Gasteiger partial charge in [-0.2, -0.15) is 5.10 Å². The van der Waals surface area contributed by atoms with Gasteiger partial charge in [-0.1, -0.05) is 30.3 Å². The molecular weight excluding hydrogens is 380 g/mol. The highest BCUT2D eigenvalue weighted by atomic mass is 16.5. The predicted molar refractivity (Wildman–Crippen MR) is 118 cm³/mol. The number of hydrogen-bond acceptors (Lipinski definition) is 6. The first kappa shape index (κ1) is 21.8. The summed E-state index contributed by atoms with van der Waals surface area (Å²) in [7, 11) is 1.60. The van der Waals surface area contributed by atoms with Gasteiger partial charge in [0.25, 0.3) is 5.91 Å². The molecule has 0 spiro atoms. The van der Waals surface area contributed by atoms with Crippen molar-refractivity contribution in [2.45, 2.75) is 13.5 Å². The van der Waals surface area contributed by atoms with Gasteiger partial charge in [0, 0.05) is 32.7 Å². The number of hydrazone groups is 1. The fourth-order valence-electron chi connectivity index (χ4n) is 3.40. The normalized spacial score (nSPS) is 15.3. The number of carbonyl (C=O) groups excluding carboxylic acids is 1. The maximum Gasteiger partial charge on any atom is 0.254 e. The van der Waals surface area contributed by atoms with Crippen LogP contribution in [0.3, 0.4) is 0 Å². The Morgan fingerprint density at radius 1 is 1.07 bits per heavy atom. The zero-order valence-electron chi connectivity index (χ0n) is 17.7. The fourth-order valence-corrected chi connectivity index (χ4v) is 3.40. The summed E-state index contributed by atoms with van der Waals surface area (Å²) in [4.78, 5) is 16.8. The number of methoxy groups -OCH3 is 1. The van der Waals surface area contributed by atoms with Gasteiger partial charge in [-0.15, -0.1) is 0 Å². The first-order chi connectivity index (χ1) is 14.7. The molecule has 0 aromatic heterocycles. The molecule has 1 aliphatic heterocycles. The van der Waals surface area contributed by atoms with Gasteiger partial charge in [0.05, 0.1) is 26.5 Å². The van der Waals surface area contributed by atoms with Gasteiger partial charge in [0.2, 0.25) is 0 Å². The monoisotopic (exact) mass is 410 g/mol. The molecule has 2 aromatic carbocycles. The van der Waals surface area contributed by atoms with E-state index in [1.54, 1.807) is 13.3 Å². The molecule has 1 fully saturated rings. The van der Waals surface area contributed by atoms with Crippen LogP contribution in [-0.4, -0.2) is 68.4 Å². The number of benzene rings is 2. The van der Waals surface area contributed by atoms with E-state index in [1.807, 2.05) is 31.2 Å². The average Bonchev–Trinajstić information content (AvgIpc) is 2.77. The molecule has 0 unspecified atom stereocenters. The maximum atomic E-state index is 12.2. The molecule has 1 heterocycles. The Labute approximate surface area is 178 Å². The Balaban J connectivity index is 1.41. The molecule has 30 heavy (non-hydrogen) atoms. The summed E-state index contributed by atoms with van der Waals surface area (Å²) in [5.74, 6) is 1.22. The summed E-state index contributed by atoms with van der Waals surface area (Å²) in [6, 6.07) is 16.0. The van der Waals surface area contributed by atoms with Gasteiger partial charge >= 0.3 is 0 Å². The molecule has 0 aliphatic carbocycles. The number of ether oxygens (including phenoxy) is 2. The Morgan fingerprint density at radius 3 is 2.50 bits per heavy atom. The number of hydrogen-bond donors (Lipinski definition) is 1. The van der Waals surface area contributed by atoms with Crippen LogP contribution in [0.4, 0.5) is 0 Å². The Kier molecular flexibility index (Phi) is 8.23. The molecule has 0 saturated carbocycles. The third-order valence-electron chi connectivity index (χ3n) is 4.97. The van der Waals surface area contributed by atoms with Crippen LogP contribution in [0.5, 0.6) is 11.5 Å². The van der Waals surface area contributed by atoms with Crippen LogP contribution in [0.1, 0.15) is 18.1 Å². The van der Waals surface area contributed by atoms with Crippen LogP contribution in [0.2, 0.25) is 0 Å². The van der Waals surface area contributed by atoms with Gasteiger partial charge < -0.3 is 9.47 Å². The SMILES string of the molecule is CCOc1ccc(/C=N\NC(=O)CN2CCN(Cc3ccccc3)CC2)cc1OC. The van der Waals surface area contributed by atoms with Gasteiger partial charge in [-0.25, -0.2) is 5.43 Å². The van der Waals surface area contributed by atoms with E-state index >= 15 is 0 Å². The molecular formula is C23H30N4O3. The largest absolute Gasteiger partial charge is 0.493 e. The predicted octanol–water partition coefficient (Wildman–Crippen LogP) is 2.36. The Hall–Kier alpha value is -2.90. The van der Waals surface area contributed by atoms with Gasteiger partial charge in [0.15, 0.2) is 11.5 Å². The summed E-state index contributed by atoms with van der Waals surface area (Å²) >= 11 is 0. The molecule has 1 aliphatic rings. The standard InChI is InChI=1S/C23H30N4O3/c1-3-30-21-10-9-20(15-22(21)29-2)16-24-25-23(28)18-27-13-11-26(12-14-27)17-19-7-5-4-6-8-19/h4-10,15-16H,3,11-14,17-18H2,1-2H3,(H,25,28)/b24-16-. The van der Waals surface area contributed by atoms with Crippen molar-refractivity contribution in [3.05, 3.63) is 59.7 Å². The average molecular weight is 411 g/mol. The summed E-state index contributed by atoms with van der Waals surface area (Å²) < 4.78 is 10.8. The van der Waals surface area contributed by atoms with E-state index in [0.29, 0.717) is 24.7 Å². The summed E-state index contributed by atoms with van der Waals surface area (Å²) in [6.07, 6.45) is 1.61. The van der Waals surface area contributed by atoms with Crippen LogP contribution in [0, 0.1) is 0 Å². The second-order valence-electron chi connectivity index (χ2n) is 7.17. The molecule has 1 amide bonds. The van der Waals surface area contributed by atoms with E-state index in [4.69, 9.17) is 9.47 Å². The van der Waals surface area contributed by atoms with Crippen molar-refractivity contribution >= 4 is 12.1 Å². The molecule has 3 rings (SSSR count). The van der Waals surface area contributed by atoms with E-state index in [0.717, 1.165) is 38.3 Å². The molecule has 2 aromatic rings. The van der Waals surface area contributed by atoms with Crippen LogP contribution < -0.4 is 14.9 Å². The lowest BCUT2D eigenvalue weighted by atomic mass is 10.2. The number of carbonyl (C=O) groups is 1. The molecule has 0 bridgehead atoms. The van der Waals surface area contributed by atoms with Crippen molar-refractivity contribution in [1.29, 1.82) is 0 Å². The van der Waals surface area contributed by atoms with Crippen LogP contribution >= 0.6 is 0 Å². The lowest BCUT2D eigenvalue weighted by Crippen LogP contribution is -2.48. The second kappa shape index (κ2) is 11.3. The minimum atomic E-state index is -0.110. The zero-order valence-corrected chi connectivity index (χ0v) is 17.7. The summed E-state index contributed by atoms with van der Waals surface area (Å²) in [5, 5.41) is 4.07. The number of nitrogens with one attached hydrogen (secondary N) is 1. The highest BCUT2D eigenvalue weighted by Crippen LogP contribution is 2.27. The number of piperazine rings is 1. The smallest absolute Gasteiger partial charge is 0.254 e. The minimum Gasteiger partial charge on any atom is -0.493 e. The summed E-state index contributed by atoms with van der Waals surface area (Å²) in [5.41, 5.74) is 4.76. The quantitative estimate of drug-likeness (QED) is 0.508. The van der Waals surface area contributed by atoms with Crippen molar-refractivity contribution in [3.8, 4) is 11.5 Å². The second-order valence-corrected chi connectivity index (χ2v) is 7.17. The summed E-state index contributed by atoms with van der Waals surface area (Å²) in [6.45, 7) is 7.46. The molecule has 0 radical (unpaired) electrons. The molecule has 7 nitrogen and oxygen atoms in total. The van der Waals surface area contributed by atoms with Crippen molar-refractivity contribution in [1.82, 2.24) is 15.2 Å². The van der Waals surface area contributed by atoms with Crippen LogP contribution in [0.25, 0.3) is 0 Å². The lowest BCUT2D eigenvalue weighted by Gasteiger charge is -2.34. The first-order valence-electron chi connectivity index (χ1n) is 10.3. The van der Waals surface area contributed by atoms with E-state index < -0.39 is 0 Å². The zero-order chi connectivity index (χ0) is 21.2. The molecule has 160 valence electrons. The number of nitrogens with zero attached hydrogens (tertiary/aromatic N) is 3. The molecule has 7 heteroatoms. The van der Waals surface area contributed by atoms with E-state index in [1.165, 1.54) is 5.56 Å². The molecule has 0 atom stereocenters. The highest BCUT2D eigenvalue weighted by Gasteiger charge is 2.18. The number of amides is 1. The van der Waals surface area contributed by atoms with E-state index in [9.17, 15) is 4.79 Å². The van der Waals surface area contributed by atoms with Crippen molar-refractivity contribution in [3.63, 3.8) is 0 Å². The lowest BCUT2D eigenvalue weighted by molar-refractivity contribution is -0.122. The van der Waals surface area contributed by atoms with Crippen molar-refractivity contribution in [2.75, 3.05) is 46.4 Å². The van der Waals surface area contributed by atoms with E-state index in [2.05, 4.69) is 44.6 Å². The number of rotatable bonds is 9. The third-order valence-corrected chi connectivity index (χ3v) is 4.97. The van der Waals surface area contributed by atoms with Gasteiger partial charge in [-0.05, 0) is 36.2 Å². The highest BCUT2D eigenvalue weighted by molar-refractivity contribution is 5.83. The third kappa shape index (κ3) is 6.57. The van der Waals surface area contributed by atoms with E-state index in [-0.39, 0.29) is 5.91 Å². The topological polar surface area (TPSA) is 66.4 Å². The molecule has 1 saturated heterocycles. The van der Waals surface area contributed by atoms with Crippen molar-refractivity contribution < 1.29 is 14.3 Å². The van der Waals surface area contributed by atoms with Gasteiger partial charge in [0.1, 0.15) is 0 Å². The Morgan fingerprint density at radius 2 is 1.80 bits per heavy atom. The van der Waals surface area contributed by atoms with Crippen molar-refractivity contribution in [2.24, 2.45) is 5.10 Å². The minimum absolute atomic E-state index is 0.110. The van der Waals surface area contributed by atoms with Crippen LogP contribution in [-0.2, 0) is 11.3 Å². The fraction of sp³-hybridized carbons (Fsp3) is 0.391.